The smallest absolute Gasteiger partial charge is 0.223 e. The van der Waals surface area contributed by atoms with Crippen LogP contribution in [0.4, 0.5) is 0 Å². The normalized spacial score (nSPS) is 14.2. The second kappa shape index (κ2) is 10.0. The molecule has 3 heterocycles. The Bertz CT molecular complexity index is 1360. The second-order valence-corrected chi connectivity index (χ2v) is 8.28. The molecule has 0 spiro atoms. The lowest BCUT2D eigenvalue weighted by atomic mass is 10.1. The first-order valence-corrected chi connectivity index (χ1v) is 11.3. The Balaban J connectivity index is 1.42. The zero-order valence-electron chi connectivity index (χ0n) is 19.1. The number of aromatic nitrogens is 4. The van der Waals surface area contributed by atoms with Crippen LogP contribution in [-0.2, 0) is 4.74 Å². The average Bonchev–Trinajstić information content (AvgIpc) is 3.33. The summed E-state index contributed by atoms with van der Waals surface area (Å²) in [6.45, 7) is 3.52. The largest absolute Gasteiger partial charge is 0.437 e. The number of hydrogen-bond donors (Lipinski definition) is 2. The molecule has 1 aliphatic heterocycles. The zero-order valence-corrected chi connectivity index (χ0v) is 19.1. The molecule has 2 N–H and O–H groups in total. The number of nitrogens with one attached hydrogen (secondary N) is 1. The van der Waals surface area contributed by atoms with E-state index in [0.717, 1.165) is 11.3 Å². The topological polar surface area (TPSA) is 118 Å². The van der Waals surface area contributed by atoms with Crippen molar-refractivity contribution in [2.75, 3.05) is 19.8 Å². The Morgan fingerprint density at radius 3 is 2.77 bits per heavy atom. The summed E-state index contributed by atoms with van der Waals surface area (Å²) >= 11 is 0. The van der Waals surface area contributed by atoms with Crippen molar-refractivity contribution >= 4 is 0 Å². The monoisotopic (exact) mass is 468 g/mol. The summed E-state index contributed by atoms with van der Waals surface area (Å²) in [5.41, 5.74) is 3.40. The first-order chi connectivity index (χ1) is 17.1. The van der Waals surface area contributed by atoms with Gasteiger partial charge < -0.3 is 19.9 Å². The fourth-order valence-corrected chi connectivity index (χ4v) is 3.71. The maximum absolute atomic E-state index is 10.6. The van der Waals surface area contributed by atoms with E-state index in [0.29, 0.717) is 54.0 Å². The number of aliphatic hydroxyl groups excluding tert-OH is 1. The van der Waals surface area contributed by atoms with E-state index in [1.54, 1.807) is 48.3 Å². The highest BCUT2D eigenvalue weighted by molar-refractivity contribution is 5.60. The zero-order chi connectivity index (χ0) is 24.2. The summed E-state index contributed by atoms with van der Waals surface area (Å²) in [6, 6.07) is 19.0. The highest BCUT2D eigenvalue weighted by Gasteiger charge is 2.20. The van der Waals surface area contributed by atoms with Crippen LogP contribution in [-0.4, -0.2) is 50.7 Å². The number of nitriles is 1. The van der Waals surface area contributed by atoms with Crippen LogP contribution in [0.1, 0.15) is 23.1 Å². The summed E-state index contributed by atoms with van der Waals surface area (Å²) in [7, 11) is 0. The molecule has 1 aliphatic rings. The molecule has 0 radical (unpaired) electrons. The number of aliphatic hydroxyl groups is 1. The van der Waals surface area contributed by atoms with Crippen LogP contribution >= 0.6 is 0 Å². The van der Waals surface area contributed by atoms with Crippen LogP contribution in [0.5, 0.6) is 11.6 Å². The van der Waals surface area contributed by atoms with Crippen LogP contribution < -0.4 is 10.1 Å². The van der Waals surface area contributed by atoms with E-state index < -0.39 is 6.10 Å². The molecule has 9 nitrogen and oxygen atoms in total. The van der Waals surface area contributed by atoms with E-state index >= 15 is 0 Å². The van der Waals surface area contributed by atoms with Crippen molar-refractivity contribution < 1.29 is 14.6 Å². The molecule has 2 aromatic heterocycles. The SMILES string of the molecule is Cc1nc(Oc2cc(C#N)ccc2-n2cc([C@@H](O)CNC3COC3)cn2)cc(-c2ccccc2)n1. The molecule has 176 valence electrons. The maximum Gasteiger partial charge on any atom is 0.223 e. The van der Waals surface area contributed by atoms with E-state index in [-0.39, 0.29) is 6.04 Å². The van der Waals surface area contributed by atoms with Gasteiger partial charge in [0.1, 0.15) is 11.5 Å². The lowest BCUT2D eigenvalue weighted by molar-refractivity contribution is -0.00981. The van der Waals surface area contributed by atoms with Gasteiger partial charge in [0.25, 0.3) is 0 Å². The quantitative estimate of drug-likeness (QED) is 0.404. The Kier molecular flexibility index (Phi) is 6.50. The summed E-state index contributed by atoms with van der Waals surface area (Å²) in [6.07, 6.45) is 2.65. The minimum Gasteiger partial charge on any atom is -0.437 e. The number of rotatable bonds is 8. The van der Waals surface area contributed by atoms with Crippen LogP contribution in [0.2, 0.25) is 0 Å². The van der Waals surface area contributed by atoms with E-state index in [1.165, 1.54) is 0 Å². The Morgan fingerprint density at radius 2 is 2.03 bits per heavy atom. The third kappa shape index (κ3) is 5.20. The standard InChI is InChI=1S/C26H24N6O3/c1-17-30-22(19-5-3-2-4-6-19)10-26(31-17)35-25-9-18(11-27)7-8-23(25)32-14-20(12-29-32)24(33)13-28-21-15-34-16-21/h2-10,12,14,21,24,28,33H,13,15-16H2,1H3/t24-/m0/s1. The van der Waals surface area contributed by atoms with Crippen LogP contribution in [0.3, 0.4) is 0 Å². The van der Waals surface area contributed by atoms with Crippen molar-refractivity contribution in [3.63, 3.8) is 0 Å². The molecule has 0 unspecified atom stereocenters. The molecule has 9 heteroatoms. The fourth-order valence-electron chi connectivity index (χ4n) is 3.71. The highest BCUT2D eigenvalue weighted by Crippen LogP contribution is 2.31. The molecule has 0 saturated carbocycles. The minimum atomic E-state index is -0.718. The molecule has 0 amide bonds. The Hall–Kier alpha value is -4.10. The first-order valence-electron chi connectivity index (χ1n) is 11.3. The third-order valence-corrected chi connectivity index (χ3v) is 5.66. The van der Waals surface area contributed by atoms with E-state index in [1.807, 2.05) is 30.3 Å². The third-order valence-electron chi connectivity index (χ3n) is 5.66. The van der Waals surface area contributed by atoms with Gasteiger partial charge in [-0.3, -0.25) is 0 Å². The van der Waals surface area contributed by atoms with Crippen molar-refractivity contribution in [1.29, 1.82) is 5.26 Å². The van der Waals surface area contributed by atoms with Crippen LogP contribution in [0.25, 0.3) is 16.9 Å². The van der Waals surface area contributed by atoms with Gasteiger partial charge in [0.2, 0.25) is 5.88 Å². The van der Waals surface area contributed by atoms with Gasteiger partial charge in [-0.2, -0.15) is 15.3 Å². The van der Waals surface area contributed by atoms with Crippen LogP contribution in [0.15, 0.2) is 67.0 Å². The number of ether oxygens (including phenoxy) is 2. The van der Waals surface area contributed by atoms with Gasteiger partial charge in [0.05, 0.1) is 48.9 Å². The van der Waals surface area contributed by atoms with Crippen molar-refractivity contribution in [2.45, 2.75) is 19.1 Å². The average molecular weight is 469 g/mol. The summed E-state index contributed by atoms with van der Waals surface area (Å²) in [5.74, 6) is 1.33. The number of nitrogens with zero attached hydrogens (tertiary/aromatic N) is 5. The molecule has 35 heavy (non-hydrogen) atoms. The van der Waals surface area contributed by atoms with Crippen molar-refractivity contribution in [2.24, 2.45) is 0 Å². The lowest BCUT2D eigenvalue weighted by Crippen LogP contribution is -2.47. The van der Waals surface area contributed by atoms with Gasteiger partial charge in [-0.15, -0.1) is 0 Å². The molecular formula is C26H24N6O3. The van der Waals surface area contributed by atoms with E-state index in [4.69, 9.17) is 9.47 Å². The van der Waals surface area contributed by atoms with Gasteiger partial charge in [-0.1, -0.05) is 30.3 Å². The van der Waals surface area contributed by atoms with Crippen molar-refractivity contribution in [3.8, 4) is 34.6 Å². The minimum absolute atomic E-state index is 0.273. The van der Waals surface area contributed by atoms with Crippen LogP contribution in [0, 0.1) is 18.3 Å². The molecule has 5 rings (SSSR count). The molecule has 2 aromatic carbocycles. The Morgan fingerprint density at radius 1 is 1.20 bits per heavy atom. The molecule has 4 aromatic rings. The van der Waals surface area contributed by atoms with Crippen molar-refractivity contribution in [1.82, 2.24) is 25.1 Å². The maximum atomic E-state index is 10.6. The number of hydrogen-bond acceptors (Lipinski definition) is 8. The summed E-state index contributed by atoms with van der Waals surface area (Å²) in [5, 5.41) is 27.7. The molecule has 1 saturated heterocycles. The predicted molar refractivity (Wildman–Crippen MR) is 128 cm³/mol. The second-order valence-electron chi connectivity index (χ2n) is 8.28. The first kappa shape index (κ1) is 22.7. The van der Waals surface area contributed by atoms with Gasteiger partial charge in [-0.05, 0) is 19.1 Å². The van der Waals surface area contributed by atoms with Gasteiger partial charge >= 0.3 is 0 Å². The summed E-state index contributed by atoms with van der Waals surface area (Å²) < 4.78 is 12.9. The molecular weight excluding hydrogens is 444 g/mol. The van der Waals surface area contributed by atoms with Gasteiger partial charge in [0.15, 0.2) is 5.75 Å². The molecule has 0 bridgehead atoms. The van der Waals surface area contributed by atoms with Gasteiger partial charge in [0, 0.05) is 36.0 Å². The molecule has 0 aliphatic carbocycles. The van der Waals surface area contributed by atoms with Gasteiger partial charge in [-0.25, -0.2) is 9.67 Å². The van der Waals surface area contributed by atoms with E-state index in [9.17, 15) is 10.4 Å². The molecule has 1 fully saturated rings. The number of aryl methyl sites for hydroxylation is 1. The predicted octanol–water partition coefficient (Wildman–Crippen LogP) is 3.32. The van der Waals surface area contributed by atoms with E-state index in [2.05, 4.69) is 26.5 Å². The lowest BCUT2D eigenvalue weighted by Gasteiger charge is -2.27. The Labute approximate surface area is 202 Å². The molecule has 1 atom stereocenters. The van der Waals surface area contributed by atoms with Crippen molar-refractivity contribution in [3.05, 3.63) is 83.9 Å². The number of benzene rings is 2. The summed E-state index contributed by atoms with van der Waals surface area (Å²) in [4.78, 5) is 8.95. The fraction of sp³-hybridized carbons (Fsp3) is 0.231. The highest BCUT2D eigenvalue weighted by atomic mass is 16.5.